The molecule has 0 aromatic heterocycles. The molecule has 11 rings (SSSR count). The van der Waals surface area contributed by atoms with Crippen molar-refractivity contribution < 1.29 is 0 Å². The van der Waals surface area contributed by atoms with Crippen molar-refractivity contribution in [3.05, 3.63) is 194 Å². The lowest BCUT2D eigenvalue weighted by molar-refractivity contribution is 1.17. The van der Waals surface area contributed by atoms with Crippen molar-refractivity contribution in [2.75, 3.05) is 4.90 Å². The molecular formula is C48H33NS2Si2. The Morgan fingerprint density at radius 3 is 1.53 bits per heavy atom. The molecule has 0 bridgehead atoms. The molecular weight excluding hydrogens is 711 g/mol. The Hall–Kier alpha value is -5.31. The Morgan fingerprint density at radius 1 is 0.377 bits per heavy atom. The number of para-hydroxylation sites is 2. The molecule has 1 atom stereocenters. The quantitative estimate of drug-likeness (QED) is 0.171. The summed E-state index contributed by atoms with van der Waals surface area (Å²) in [5.41, 5.74) is 6.17. The highest BCUT2D eigenvalue weighted by Gasteiger charge is 2.52. The molecule has 0 fully saturated rings. The van der Waals surface area contributed by atoms with Gasteiger partial charge in [-0.15, -0.1) is 0 Å². The number of hydrogen-bond donors (Lipinski definition) is 0. The number of benzene rings is 8. The minimum atomic E-state index is -2.71. The van der Waals surface area contributed by atoms with Gasteiger partial charge in [-0.1, -0.05) is 185 Å². The molecule has 0 amide bonds. The summed E-state index contributed by atoms with van der Waals surface area (Å²) in [5, 5.41) is 10.8. The first kappa shape index (κ1) is 31.2. The van der Waals surface area contributed by atoms with Crippen LogP contribution in [0.4, 0.5) is 17.1 Å². The van der Waals surface area contributed by atoms with Crippen molar-refractivity contribution >= 4 is 93.8 Å². The van der Waals surface area contributed by atoms with Gasteiger partial charge in [-0.2, -0.15) is 0 Å². The van der Waals surface area contributed by atoms with Gasteiger partial charge in [-0.25, -0.2) is 0 Å². The van der Waals surface area contributed by atoms with Crippen LogP contribution in [0.25, 0.3) is 11.1 Å². The average Bonchev–Trinajstić information content (AvgIpc) is 3.23. The predicted octanol–water partition coefficient (Wildman–Crippen LogP) is 7.69. The molecule has 1 spiro atoms. The molecule has 1 nitrogen and oxygen atoms in total. The van der Waals surface area contributed by atoms with Crippen LogP contribution in [0, 0.1) is 0 Å². The van der Waals surface area contributed by atoms with Crippen molar-refractivity contribution in [2.24, 2.45) is 0 Å². The molecule has 1 unspecified atom stereocenters. The van der Waals surface area contributed by atoms with Gasteiger partial charge in [-0.3, -0.25) is 0 Å². The first-order valence-electron chi connectivity index (χ1n) is 18.2. The maximum absolute atomic E-state index is 2.71. The van der Waals surface area contributed by atoms with Crippen LogP contribution in [-0.2, 0) is 0 Å². The van der Waals surface area contributed by atoms with Gasteiger partial charge < -0.3 is 4.90 Å². The maximum Gasteiger partial charge on any atom is 0.181 e. The normalized spacial score (nSPS) is 15.7. The Bertz CT molecular complexity index is 2620. The molecule has 250 valence electrons. The Morgan fingerprint density at radius 2 is 0.868 bits per heavy atom. The van der Waals surface area contributed by atoms with Crippen LogP contribution in [0.15, 0.2) is 214 Å². The van der Waals surface area contributed by atoms with Crippen LogP contribution >= 0.6 is 23.5 Å². The van der Waals surface area contributed by atoms with Crippen LogP contribution in [0.5, 0.6) is 0 Å². The SMILES string of the molecule is c1ccc([SiH]2c3ccccc3[Si]3(c4ccccc4Sc4ccccc43)c3cc(-c4ccc(N5c6ccccc6Sc6ccccc65)cc4)ccc32)cc1. The smallest absolute Gasteiger partial charge is 0.181 e. The van der Waals surface area contributed by atoms with E-state index in [1.54, 1.807) is 20.7 Å². The number of anilines is 3. The summed E-state index contributed by atoms with van der Waals surface area (Å²) < 4.78 is 0. The third-order valence-electron chi connectivity index (χ3n) is 11.3. The maximum atomic E-state index is 2.61. The highest BCUT2D eigenvalue weighted by molar-refractivity contribution is 8.00. The summed E-state index contributed by atoms with van der Waals surface area (Å²) >= 11 is 3.80. The van der Waals surface area contributed by atoms with Crippen LogP contribution in [0.3, 0.4) is 0 Å². The van der Waals surface area contributed by atoms with E-state index >= 15 is 0 Å². The zero-order valence-electron chi connectivity index (χ0n) is 28.8. The monoisotopic (exact) mass is 743 g/mol. The van der Waals surface area contributed by atoms with Crippen molar-refractivity contribution in [3.63, 3.8) is 0 Å². The lowest BCUT2D eigenvalue weighted by atomic mass is 10.0. The number of hydrogen-bond acceptors (Lipinski definition) is 3. The lowest BCUT2D eigenvalue weighted by Crippen LogP contribution is -2.87. The summed E-state index contributed by atoms with van der Waals surface area (Å²) in [4.78, 5) is 7.77. The second kappa shape index (κ2) is 12.4. The van der Waals surface area contributed by atoms with E-state index in [0.717, 1.165) is 0 Å². The van der Waals surface area contributed by atoms with E-state index in [0.29, 0.717) is 0 Å². The molecule has 3 aliphatic heterocycles. The van der Waals surface area contributed by atoms with E-state index in [1.165, 1.54) is 63.3 Å². The summed E-state index contributed by atoms with van der Waals surface area (Å²) in [5.74, 6) is 0. The third kappa shape index (κ3) is 4.71. The van der Waals surface area contributed by atoms with Crippen LogP contribution in [-0.4, -0.2) is 16.9 Å². The molecule has 53 heavy (non-hydrogen) atoms. The van der Waals surface area contributed by atoms with Crippen LogP contribution in [0.2, 0.25) is 0 Å². The summed E-state index contributed by atoms with van der Waals surface area (Å²) in [7, 11) is -4.50. The number of fused-ring (bicyclic) bond motifs is 10. The second-order valence-electron chi connectivity index (χ2n) is 14.0. The van der Waals surface area contributed by atoms with E-state index in [9.17, 15) is 0 Å². The minimum absolute atomic E-state index is 1.18. The van der Waals surface area contributed by atoms with Gasteiger partial charge in [0.05, 0.1) is 11.4 Å². The lowest BCUT2D eigenvalue weighted by Gasteiger charge is -2.46. The van der Waals surface area contributed by atoms with Crippen molar-refractivity contribution in [2.45, 2.75) is 19.6 Å². The standard InChI is InChI=1S/C48H33NS2Si2/c1-2-14-36(15-3-1)52-43-22-10-13-25-47(43)53(45-23-11-8-20-41(45)51-42-21-9-12-24-46(42)53)48-32-34(28-31-44(48)52)33-26-29-35(30-27-33)49-37-16-4-6-18-39(37)50-40-19-7-5-17-38(40)49/h1-32,52H. The Kier molecular flexibility index (Phi) is 7.31. The van der Waals surface area contributed by atoms with E-state index in [-0.39, 0.29) is 0 Å². The van der Waals surface area contributed by atoms with Gasteiger partial charge in [0, 0.05) is 25.3 Å². The molecule has 0 saturated heterocycles. The van der Waals surface area contributed by atoms with E-state index in [2.05, 4.69) is 199 Å². The highest BCUT2D eigenvalue weighted by Crippen LogP contribution is 2.51. The zero-order valence-corrected chi connectivity index (χ0v) is 32.6. The second-order valence-corrected chi connectivity index (χ2v) is 22.6. The van der Waals surface area contributed by atoms with Gasteiger partial charge in [0.15, 0.2) is 8.07 Å². The Balaban J connectivity index is 1.13. The van der Waals surface area contributed by atoms with E-state index in [4.69, 9.17) is 0 Å². The van der Waals surface area contributed by atoms with Gasteiger partial charge >= 0.3 is 0 Å². The number of rotatable bonds is 3. The van der Waals surface area contributed by atoms with Crippen molar-refractivity contribution in [1.29, 1.82) is 0 Å². The predicted molar refractivity (Wildman–Crippen MR) is 231 cm³/mol. The first-order valence-corrected chi connectivity index (χ1v) is 23.6. The molecule has 3 heterocycles. The fourth-order valence-corrected chi connectivity index (χ4v) is 22.6. The van der Waals surface area contributed by atoms with Gasteiger partial charge in [0.2, 0.25) is 0 Å². The van der Waals surface area contributed by atoms with Crippen molar-refractivity contribution in [3.8, 4) is 11.1 Å². The minimum Gasteiger partial charge on any atom is -0.308 e. The molecule has 8 aromatic carbocycles. The molecule has 0 N–H and O–H groups in total. The zero-order chi connectivity index (χ0) is 34.9. The van der Waals surface area contributed by atoms with Crippen molar-refractivity contribution in [1.82, 2.24) is 0 Å². The molecule has 8 aromatic rings. The summed E-state index contributed by atoms with van der Waals surface area (Å²) in [6, 6.07) is 73.8. The van der Waals surface area contributed by atoms with Gasteiger partial charge in [0.25, 0.3) is 0 Å². The third-order valence-corrected chi connectivity index (χ3v) is 22.8. The Labute approximate surface area is 321 Å². The summed E-state index contributed by atoms with van der Waals surface area (Å²) in [6.45, 7) is 0. The van der Waals surface area contributed by atoms with Crippen LogP contribution < -0.4 is 41.2 Å². The van der Waals surface area contributed by atoms with Gasteiger partial charge in [-0.05, 0) is 80.4 Å². The highest BCUT2D eigenvalue weighted by atomic mass is 32.2. The first-order chi connectivity index (χ1) is 26.3. The fourth-order valence-electron chi connectivity index (χ4n) is 9.08. The fraction of sp³-hybridized carbons (Fsp3) is 0. The molecule has 0 radical (unpaired) electrons. The molecule has 3 aliphatic rings. The van der Waals surface area contributed by atoms with E-state index < -0.39 is 16.9 Å². The topological polar surface area (TPSA) is 3.24 Å². The summed E-state index contributed by atoms with van der Waals surface area (Å²) in [6.07, 6.45) is 0. The largest absolute Gasteiger partial charge is 0.308 e. The average molecular weight is 744 g/mol. The van der Waals surface area contributed by atoms with E-state index in [1.807, 2.05) is 23.5 Å². The van der Waals surface area contributed by atoms with Gasteiger partial charge in [0.1, 0.15) is 8.80 Å². The molecule has 0 saturated carbocycles. The molecule has 0 aliphatic carbocycles. The van der Waals surface area contributed by atoms with Crippen LogP contribution in [0.1, 0.15) is 0 Å². The molecule has 5 heteroatoms. The number of nitrogens with zero attached hydrogens (tertiary/aromatic N) is 1.